The molecule has 2 aliphatic rings. The molecule has 4 rings (SSSR count). The van der Waals surface area contributed by atoms with Gasteiger partial charge in [0, 0.05) is 17.9 Å². The van der Waals surface area contributed by atoms with Gasteiger partial charge in [0.15, 0.2) is 21.4 Å². The van der Waals surface area contributed by atoms with Gasteiger partial charge in [0.25, 0.3) is 0 Å². The molecule has 0 aromatic heterocycles. The third-order valence-corrected chi connectivity index (χ3v) is 8.35. The van der Waals surface area contributed by atoms with E-state index in [1.54, 1.807) is 0 Å². The SMILES string of the molecule is O=C1CC[C@@]2(S(=O)(=O)c3ccc(Cl)cc3)c3c(F)ccc(F)c3OC[C@@]2(O)C1. The summed E-state index contributed by atoms with van der Waals surface area (Å²) in [5.41, 5.74) is -2.83. The van der Waals surface area contributed by atoms with Crippen LogP contribution in [0.15, 0.2) is 41.3 Å². The first-order chi connectivity index (χ1) is 13.1. The Labute approximate surface area is 164 Å². The second-order valence-electron chi connectivity index (χ2n) is 7.05. The lowest BCUT2D eigenvalue weighted by Gasteiger charge is -2.51. The summed E-state index contributed by atoms with van der Waals surface area (Å²) in [5.74, 6) is -2.91. The molecule has 1 fully saturated rings. The van der Waals surface area contributed by atoms with E-state index < -0.39 is 62.6 Å². The van der Waals surface area contributed by atoms with Crippen molar-refractivity contribution in [3.63, 3.8) is 0 Å². The van der Waals surface area contributed by atoms with Crippen LogP contribution in [0.2, 0.25) is 5.02 Å². The summed E-state index contributed by atoms with van der Waals surface area (Å²) in [5, 5.41) is 11.6. The standard InChI is InChI=1S/C19H15ClF2O5S/c20-11-1-3-13(4-2-11)28(25,26)19-8-7-12(23)9-18(19,24)10-27-17-15(22)6-5-14(21)16(17)19/h1-6,24H,7-10H2/t18-,19+/m0/s1. The Bertz CT molecular complexity index is 1090. The summed E-state index contributed by atoms with van der Waals surface area (Å²) in [7, 11) is -4.48. The summed E-state index contributed by atoms with van der Waals surface area (Å²) in [4.78, 5) is 11.8. The Hall–Kier alpha value is -2.03. The first kappa shape index (κ1) is 19.3. The van der Waals surface area contributed by atoms with Crippen molar-refractivity contribution in [2.75, 3.05) is 6.61 Å². The van der Waals surface area contributed by atoms with Gasteiger partial charge in [0.1, 0.15) is 28.6 Å². The zero-order chi connectivity index (χ0) is 20.3. The Morgan fingerprint density at radius 3 is 2.39 bits per heavy atom. The van der Waals surface area contributed by atoms with E-state index in [9.17, 15) is 27.1 Å². The number of halogens is 3. The summed E-state index contributed by atoms with van der Waals surface area (Å²) in [6.07, 6.45) is -1.15. The predicted octanol–water partition coefficient (Wildman–Crippen LogP) is 3.16. The molecule has 1 N–H and O–H groups in total. The van der Waals surface area contributed by atoms with Crippen LogP contribution >= 0.6 is 11.6 Å². The van der Waals surface area contributed by atoms with Crippen LogP contribution < -0.4 is 4.74 Å². The molecule has 9 heteroatoms. The molecule has 0 saturated heterocycles. The average molecular weight is 429 g/mol. The Morgan fingerprint density at radius 2 is 1.71 bits per heavy atom. The van der Waals surface area contributed by atoms with Crippen LogP contribution in [-0.4, -0.2) is 31.5 Å². The van der Waals surface area contributed by atoms with Crippen molar-refractivity contribution in [3.8, 4) is 5.75 Å². The molecule has 0 unspecified atom stereocenters. The van der Waals surface area contributed by atoms with Crippen LogP contribution in [0.3, 0.4) is 0 Å². The molecule has 1 heterocycles. The number of Topliss-reactive ketones (excluding diaryl/α,β-unsaturated/α-hetero) is 1. The fourth-order valence-corrected chi connectivity index (χ4v) is 6.69. The van der Waals surface area contributed by atoms with Gasteiger partial charge in [-0.2, -0.15) is 0 Å². The predicted molar refractivity (Wildman–Crippen MR) is 96.0 cm³/mol. The van der Waals surface area contributed by atoms with Crippen molar-refractivity contribution in [3.05, 3.63) is 58.6 Å². The molecule has 1 aliphatic heterocycles. The largest absolute Gasteiger partial charge is 0.487 e. The van der Waals surface area contributed by atoms with Crippen LogP contribution in [0.5, 0.6) is 5.75 Å². The van der Waals surface area contributed by atoms with Gasteiger partial charge in [-0.1, -0.05) is 11.6 Å². The maximum atomic E-state index is 14.9. The number of ketones is 1. The van der Waals surface area contributed by atoms with Crippen molar-refractivity contribution in [1.29, 1.82) is 0 Å². The number of carbonyl (C=O) groups excluding carboxylic acids is 1. The van der Waals surface area contributed by atoms with E-state index in [0.717, 1.165) is 12.1 Å². The zero-order valence-electron chi connectivity index (χ0n) is 14.4. The number of rotatable bonds is 2. The molecule has 1 saturated carbocycles. The van der Waals surface area contributed by atoms with Crippen LogP contribution in [-0.2, 0) is 19.4 Å². The Kier molecular flexibility index (Phi) is 4.30. The maximum absolute atomic E-state index is 14.9. The fourth-order valence-electron chi connectivity index (χ4n) is 4.21. The molecule has 0 bridgehead atoms. The highest BCUT2D eigenvalue weighted by atomic mass is 35.5. The number of carbonyl (C=O) groups is 1. The van der Waals surface area contributed by atoms with E-state index >= 15 is 0 Å². The zero-order valence-corrected chi connectivity index (χ0v) is 16.0. The first-order valence-corrected chi connectivity index (χ1v) is 10.3. The molecule has 28 heavy (non-hydrogen) atoms. The van der Waals surface area contributed by atoms with Crippen LogP contribution in [0, 0.1) is 11.6 Å². The van der Waals surface area contributed by atoms with Gasteiger partial charge in [0.2, 0.25) is 0 Å². The minimum absolute atomic E-state index is 0.204. The number of hydrogen-bond donors (Lipinski definition) is 1. The lowest BCUT2D eigenvalue weighted by Crippen LogP contribution is -2.65. The molecule has 2 aromatic rings. The minimum Gasteiger partial charge on any atom is -0.487 e. The van der Waals surface area contributed by atoms with Gasteiger partial charge >= 0.3 is 0 Å². The van der Waals surface area contributed by atoms with E-state index in [1.807, 2.05) is 0 Å². The van der Waals surface area contributed by atoms with E-state index in [4.69, 9.17) is 16.3 Å². The normalized spacial score (nSPS) is 26.9. The summed E-state index contributed by atoms with van der Waals surface area (Å²) in [6, 6.07) is 6.78. The minimum atomic E-state index is -4.48. The smallest absolute Gasteiger partial charge is 0.191 e. The van der Waals surface area contributed by atoms with Crippen molar-refractivity contribution in [2.45, 2.75) is 34.5 Å². The monoisotopic (exact) mass is 428 g/mol. The number of aliphatic hydroxyl groups is 1. The molecule has 2 atom stereocenters. The van der Waals surface area contributed by atoms with E-state index in [2.05, 4.69) is 0 Å². The number of hydrogen-bond acceptors (Lipinski definition) is 5. The van der Waals surface area contributed by atoms with Gasteiger partial charge < -0.3 is 9.84 Å². The third-order valence-electron chi connectivity index (χ3n) is 5.50. The van der Waals surface area contributed by atoms with Gasteiger partial charge in [-0.05, 0) is 42.8 Å². The molecule has 0 spiro atoms. The van der Waals surface area contributed by atoms with E-state index in [1.165, 1.54) is 24.3 Å². The highest BCUT2D eigenvalue weighted by molar-refractivity contribution is 7.92. The molecule has 2 aromatic carbocycles. The van der Waals surface area contributed by atoms with E-state index in [-0.39, 0.29) is 22.1 Å². The Morgan fingerprint density at radius 1 is 1.07 bits per heavy atom. The summed E-state index contributed by atoms with van der Waals surface area (Å²) in [6.45, 7) is -0.654. The van der Waals surface area contributed by atoms with Crippen LogP contribution in [0.25, 0.3) is 0 Å². The molecule has 5 nitrogen and oxygen atoms in total. The summed E-state index contributed by atoms with van der Waals surface area (Å²) < 4.78 is 59.7. The molecule has 1 aliphatic carbocycles. The third kappa shape index (κ3) is 2.44. The number of ether oxygens (including phenoxy) is 1. The van der Waals surface area contributed by atoms with Gasteiger partial charge in [-0.3, -0.25) is 4.79 Å². The number of sulfone groups is 1. The maximum Gasteiger partial charge on any atom is 0.191 e. The molecule has 0 amide bonds. The number of fused-ring (bicyclic) bond motifs is 3. The summed E-state index contributed by atoms with van der Waals surface area (Å²) >= 11 is 5.84. The highest BCUT2D eigenvalue weighted by Gasteiger charge is 2.67. The topological polar surface area (TPSA) is 80.7 Å². The molecular formula is C19H15ClF2O5S. The highest BCUT2D eigenvalue weighted by Crippen LogP contribution is 2.57. The van der Waals surface area contributed by atoms with Crippen LogP contribution in [0.4, 0.5) is 8.78 Å². The van der Waals surface area contributed by atoms with Crippen molar-refractivity contribution < 1.29 is 31.8 Å². The molecular weight excluding hydrogens is 414 g/mol. The van der Waals surface area contributed by atoms with Gasteiger partial charge in [-0.25, -0.2) is 17.2 Å². The van der Waals surface area contributed by atoms with Gasteiger partial charge in [0.05, 0.1) is 10.5 Å². The number of benzene rings is 2. The second kappa shape index (κ2) is 6.23. The van der Waals surface area contributed by atoms with Gasteiger partial charge in [-0.15, -0.1) is 0 Å². The lowest BCUT2D eigenvalue weighted by atomic mass is 9.69. The molecule has 0 radical (unpaired) electrons. The quantitative estimate of drug-likeness (QED) is 0.794. The van der Waals surface area contributed by atoms with Crippen molar-refractivity contribution in [2.24, 2.45) is 0 Å². The van der Waals surface area contributed by atoms with Crippen LogP contribution in [0.1, 0.15) is 24.8 Å². The average Bonchev–Trinajstić information content (AvgIpc) is 2.63. The Balaban J connectivity index is 2.09. The van der Waals surface area contributed by atoms with Crippen molar-refractivity contribution in [1.82, 2.24) is 0 Å². The molecule has 148 valence electrons. The van der Waals surface area contributed by atoms with Crippen molar-refractivity contribution >= 4 is 27.2 Å². The fraction of sp³-hybridized carbons (Fsp3) is 0.316. The first-order valence-electron chi connectivity index (χ1n) is 8.48. The van der Waals surface area contributed by atoms with E-state index in [0.29, 0.717) is 0 Å². The second-order valence-corrected chi connectivity index (χ2v) is 9.67. The lowest BCUT2D eigenvalue weighted by molar-refractivity contribution is -0.137.